The largest absolute Gasteiger partial charge is 0.545 e. The molecule has 0 atom stereocenters. The minimum atomic E-state index is -1.30. The molecule has 0 spiro atoms. The number of carbonyl (C=O) groups excluding carboxylic acids is 2. The van der Waals surface area contributed by atoms with Gasteiger partial charge < -0.3 is 33.8 Å². The first-order chi connectivity index (χ1) is 16.9. The smallest absolute Gasteiger partial charge is 0.261 e. The van der Waals surface area contributed by atoms with Gasteiger partial charge in [-0.3, -0.25) is 4.79 Å². The molecule has 4 rings (SSSR count). The molecule has 0 saturated carbocycles. The number of anilines is 1. The molecule has 0 radical (unpaired) electrons. The van der Waals surface area contributed by atoms with Crippen LogP contribution >= 0.6 is 0 Å². The molecule has 35 heavy (non-hydrogen) atoms. The van der Waals surface area contributed by atoms with Crippen LogP contribution in [-0.4, -0.2) is 33.2 Å². The Balaban J connectivity index is 1.82. The summed E-state index contributed by atoms with van der Waals surface area (Å²) in [5.41, 5.74) is 1.49. The highest BCUT2D eigenvalue weighted by atomic mass is 16.5. The number of carboxylic acid groups (broad SMARTS) is 1. The van der Waals surface area contributed by atoms with E-state index in [2.05, 4.69) is 10.3 Å². The molecule has 178 valence electrons. The molecule has 9 nitrogen and oxygen atoms in total. The standard InChI is InChI=1S/C26H22N2O7/c1-32-18-9-11-22-16(12-18)13-20(24(29)28-21-10-8-19(33-2)14-23(21)34-3)25(35-22)27-17-6-4-15(5-7-17)26(30)31/h4-14H,1-3H3,(H,28,29)(H,30,31)/p-1. The van der Waals surface area contributed by atoms with E-state index >= 15 is 0 Å². The van der Waals surface area contributed by atoms with Gasteiger partial charge in [-0.15, -0.1) is 0 Å². The summed E-state index contributed by atoms with van der Waals surface area (Å²) in [6.45, 7) is 0. The Morgan fingerprint density at radius 3 is 2.20 bits per heavy atom. The van der Waals surface area contributed by atoms with E-state index < -0.39 is 11.9 Å². The van der Waals surface area contributed by atoms with E-state index in [9.17, 15) is 14.7 Å². The van der Waals surface area contributed by atoms with E-state index in [0.29, 0.717) is 39.6 Å². The van der Waals surface area contributed by atoms with Crippen molar-refractivity contribution in [2.75, 3.05) is 26.6 Å². The number of aromatic carboxylic acids is 1. The molecular weight excluding hydrogens is 452 g/mol. The number of methoxy groups -OCH3 is 3. The van der Waals surface area contributed by atoms with Gasteiger partial charge in [0.15, 0.2) is 0 Å². The number of rotatable bonds is 7. The molecule has 1 aromatic heterocycles. The number of benzene rings is 3. The highest BCUT2D eigenvalue weighted by Crippen LogP contribution is 2.29. The van der Waals surface area contributed by atoms with Gasteiger partial charge in [0.05, 0.1) is 38.7 Å². The third-order valence-corrected chi connectivity index (χ3v) is 5.19. The number of hydrogen-bond acceptors (Lipinski definition) is 8. The van der Waals surface area contributed by atoms with Crippen molar-refractivity contribution in [3.05, 3.63) is 83.4 Å². The molecule has 0 fully saturated rings. The molecular formula is C26H21N2O7-. The zero-order chi connectivity index (χ0) is 24.9. The molecule has 0 aliphatic heterocycles. The van der Waals surface area contributed by atoms with Crippen LogP contribution in [0.15, 0.2) is 76.1 Å². The van der Waals surface area contributed by atoms with Crippen LogP contribution in [-0.2, 0) is 0 Å². The highest BCUT2D eigenvalue weighted by molar-refractivity contribution is 6.06. The topological polar surface area (TPSA) is 122 Å². The zero-order valence-electron chi connectivity index (χ0n) is 19.2. The predicted molar refractivity (Wildman–Crippen MR) is 126 cm³/mol. The van der Waals surface area contributed by atoms with Gasteiger partial charge in [-0.05, 0) is 54.1 Å². The van der Waals surface area contributed by atoms with Crippen LogP contribution in [0.3, 0.4) is 0 Å². The van der Waals surface area contributed by atoms with Crippen molar-refractivity contribution < 1.29 is 33.3 Å². The van der Waals surface area contributed by atoms with Crippen LogP contribution in [0.5, 0.6) is 17.2 Å². The second kappa shape index (κ2) is 10.0. The number of carbonyl (C=O) groups is 2. The summed E-state index contributed by atoms with van der Waals surface area (Å²) in [4.78, 5) is 28.8. The molecule has 1 heterocycles. The maximum absolute atomic E-state index is 13.4. The number of nitrogens with one attached hydrogen (secondary N) is 1. The molecule has 4 aromatic rings. The van der Waals surface area contributed by atoms with Crippen LogP contribution in [0, 0.1) is 0 Å². The van der Waals surface area contributed by atoms with Crippen molar-refractivity contribution in [3.63, 3.8) is 0 Å². The highest BCUT2D eigenvalue weighted by Gasteiger charge is 2.16. The monoisotopic (exact) mass is 473 g/mol. The van der Waals surface area contributed by atoms with Crippen molar-refractivity contribution in [3.8, 4) is 17.2 Å². The lowest BCUT2D eigenvalue weighted by Crippen LogP contribution is -2.22. The van der Waals surface area contributed by atoms with Crippen molar-refractivity contribution in [1.29, 1.82) is 0 Å². The van der Waals surface area contributed by atoms with Crippen molar-refractivity contribution >= 4 is 34.2 Å². The minimum absolute atomic E-state index is 0.0102. The van der Waals surface area contributed by atoms with E-state index in [1.807, 2.05) is 0 Å². The third kappa shape index (κ3) is 5.09. The van der Waals surface area contributed by atoms with Gasteiger partial charge in [0, 0.05) is 11.5 Å². The first kappa shape index (κ1) is 23.4. The molecule has 0 aliphatic carbocycles. The number of ether oxygens (including phenoxy) is 3. The van der Waals surface area contributed by atoms with Gasteiger partial charge in [0.25, 0.3) is 5.91 Å². The number of carboxylic acids is 1. The fourth-order valence-corrected chi connectivity index (χ4v) is 3.36. The van der Waals surface area contributed by atoms with Crippen LogP contribution < -0.4 is 30.2 Å². The maximum atomic E-state index is 13.4. The second-order valence-electron chi connectivity index (χ2n) is 7.34. The van der Waals surface area contributed by atoms with E-state index in [1.165, 1.54) is 38.5 Å². The normalized spacial score (nSPS) is 11.2. The number of amides is 1. The van der Waals surface area contributed by atoms with E-state index in [-0.39, 0.29) is 16.7 Å². The molecule has 9 heteroatoms. The first-order valence-corrected chi connectivity index (χ1v) is 10.4. The summed E-state index contributed by atoms with van der Waals surface area (Å²) >= 11 is 0. The van der Waals surface area contributed by atoms with Crippen molar-refractivity contribution in [1.82, 2.24) is 0 Å². The van der Waals surface area contributed by atoms with Crippen molar-refractivity contribution in [2.45, 2.75) is 0 Å². The number of nitrogens with zero attached hydrogens (tertiary/aromatic N) is 1. The summed E-state index contributed by atoms with van der Waals surface area (Å²) in [5.74, 6) is -0.211. The van der Waals surface area contributed by atoms with Gasteiger partial charge in [-0.2, -0.15) is 0 Å². The van der Waals surface area contributed by atoms with Gasteiger partial charge in [-0.25, -0.2) is 4.99 Å². The Morgan fingerprint density at radius 2 is 1.54 bits per heavy atom. The molecule has 1 N–H and O–H groups in total. The Morgan fingerprint density at radius 1 is 0.857 bits per heavy atom. The Bertz CT molecular complexity index is 1470. The lowest BCUT2D eigenvalue weighted by atomic mass is 10.1. The van der Waals surface area contributed by atoms with E-state index in [4.69, 9.17) is 18.6 Å². The summed E-state index contributed by atoms with van der Waals surface area (Å²) in [6.07, 6.45) is 0. The summed E-state index contributed by atoms with van der Waals surface area (Å²) in [7, 11) is 4.56. The maximum Gasteiger partial charge on any atom is 0.261 e. The molecule has 1 amide bonds. The van der Waals surface area contributed by atoms with E-state index in [1.54, 1.807) is 49.6 Å². The van der Waals surface area contributed by atoms with Gasteiger partial charge >= 0.3 is 0 Å². The Kier molecular flexibility index (Phi) is 6.68. The molecule has 0 aliphatic rings. The summed E-state index contributed by atoms with van der Waals surface area (Å²) in [5, 5.41) is 14.5. The first-order valence-electron chi connectivity index (χ1n) is 10.4. The van der Waals surface area contributed by atoms with Crippen molar-refractivity contribution in [2.24, 2.45) is 4.99 Å². The van der Waals surface area contributed by atoms with Crippen LogP contribution in [0.25, 0.3) is 11.0 Å². The fourth-order valence-electron chi connectivity index (χ4n) is 3.36. The SMILES string of the molecule is COc1ccc(NC(=O)c2cc3cc(OC)ccc3oc2=Nc2ccc(C(=O)[O-])cc2)c(OC)c1. The quantitative estimate of drug-likeness (QED) is 0.437. The van der Waals surface area contributed by atoms with Gasteiger partial charge in [0.2, 0.25) is 5.55 Å². The van der Waals surface area contributed by atoms with Crippen LogP contribution in [0.1, 0.15) is 20.7 Å². The predicted octanol–water partition coefficient (Wildman–Crippen LogP) is 3.31. The molecule has 3 aromatic carbocycles. The molecule has 0 unspecified atom stereocenters. The lowest BCUT2D eigenvalue weighted by molar-refractivity contribution is -0.255. The zero-order valence-corrected chi connectivity index (χ0v) is 19.2. The minimum Gasteiger partial charge on any atom is -0.545 e. The van der Waals surface area contributed by atoms with Crippen LogP contribution in [0.2, 0.25) is 0 Å². The molecule has 0 bridgehead atoms. The van der Waals surface area contributed by atoms with Gasteiger partial charge in [-0.1, -0.05) is 12.1 Å². The lowest BCUT2D eigenvalue weighted by Gasteiger charge is -2.12. The van der Waals surface area contributed by atoms with Crippen LogP contribution in [0.4, 0.5) is 11.4 Å². The van der Waals surface area contributed by atoms with E-state index in [0.717, 1.165) is 0 Å². The Labute approximate surface area is 200 Å². The third-order valence-electron chi connectivity index (χ3n) is 5.19. The summed E-state index contributed by atoms with van der Waals surface area (Å²) in [6, 6.07) is 17.5. The number of fused-ring (bicyclic) bond motifs is 1. The van der Waals surface area contributed by atoms with Gasteiger partial charge in [0.1, 0.15) is 28.4 Å². The summed E-state index contributed by atoms with van der Waals surface area (Å²) < 4.78 is 21.8. The Hall–Kier alpha value is -4.79. The average Bonchev–Trinajstić information content (AvgIpc) is 2.88. The second-order valence-corrected chi connectivity index (χ2v) is 7.34. The average molecular weight is 473 g/mol. The number of hydrogen-bond donors (Lipinski definition) is 1. The molecule has 0 saturated heterocycles. The fraction of sp³-hybridized carbons (Fsp3) is 0.115.